The van der Waals surface area contributed by atoms with Gasteiger partial charge >= 0.3 is 12.7 Å². The van der Waals surface area contributed by atoms with E-state index in [0.717, 1.165) is 12.8 Å². The lowest BCUT2D eigenvalue weighted by molar-refractivity contribution is -0.0515. The highest BCUT2D eigenvalue weighted by molar-refractivity contribution is 5.94. The van der Waals surface area contributed by atoms with E-state index < -0.39 is 18.7 Å². The predicted molar refractivity (Wildman–Crippen MR) is 124 cm³/mol. The van der Waals surface area contributed by atoms with Gasteiger partial charge in [-0.1, -0.05) is 0 Å². The Morgan fingerprint density at radius 3 is 2.72 bits per heavy atom. The van der Waals surface area contributed by atoms with Gasteiger partial charge in [0.15, 0.2) is 23.0 Å². The van der Waals surface area contributed by atoms with Crippen molar-refractivity contribution in [3.8, 4) is 23.0 Å². The second-order valence-electron chi connectivity index (χ2n) is 9.04. The Morgan fingerprint density at radius 2 is 2.06 bits per heavy atom. The average Bonchev–Trinajstić information content (AvgIpc) is 3.57. The molecule has 196 valence electrons. The SMILES string of the molecule is COC(=O)NC1CCCN(C(=O)c2nc(-c3ccc(OC(F)F)c(OCC4CC4)c3)oc2[C@H](C)N)C1. The number of alkyl halides is 2. The van der Waals surface area contributed by atoms with Crippen LogP contribution >= 0.6 is 0 Å². The quantitative estimate of drug-likeness (QED) is 0.525. The fourth-order valence-corrected chi connectivity index (χ4v) is 4.01. The van der Waals surface area contributed by atoms with Crippen LogP contribution in [0.3, 0.4) is 0 Å². The normalized spacial score (nSPS) is 18.6. The van der Waals surface area contributed by atoms with E-state index in [4.69, 9.17) is 14.9 Å². The molecule has 3 N–H and O–H groups in total. The Morgan fingerprint density at radius 1 is 1.28 bits per heavy atom. The van der Waals surface area contributed by atoms with Crippen LogP contribution in [0.25, 0.3) is 11.5 Å². The molecule has 10 nitrogen and oxygen atoms in total. The number of carbonyl (C=O) groups is 2. The number of piperidine rings is 1. The maximum Gasteiger partial charge on any atom is 0.407 e. The third-order valence-corrected chi connectivity index (χ3v) is 6.06. The molecule has 0 spiro atoms. The Bertz CT molecular complexity index is 1090. The van der Waals surface area contributed by atoms with Crippen molar-refractivity contribution >= 4 is 12.0 Å². The van der Waals surface area contributed by atoms with Gasteiger partial charge in [-0.3, -0.25) is 4.79 Å². The highest BCUT2D eigenvalue weighted by atomic mass is 19.3. The van der Waals surface area contributed by atoms with Crippen molar-refractivity contribution in [1.29, 1.82) is 0 Å². The molecular formula is C24H30F2N4O6. The summed E-state index contributed by atoms with van der Waals surface area (Å²) in [5.41, 5.74) is 6.56. The summed E-state index contributed by atoms with van der Waals surface area (Å²) in [4.78, 5) is 31.0. The molecule has 1 aromatic heterocycles. The first-order chi connectivity index (χ1) is 17.2. The molecule has 2 fully saturated rings. The van der Waals surface area contributed by atoms with Crippen LogP contribution < -0.4 is 20.5 Å². The number of aromatic nitrogens is 1. The number of benzene rings is 1. The zero-order valence-electron chi connectivity index (χ0n) is 20.2. The summed E-state index contributed by atoms with van der Waals surface area (Å²) >= 11 is 0. The van der Waals surface area contributed by atoms with Crippen LogP contribution in [0.1, 0.15) is 54.9 Å². The Labute approximate surface area is 207 Å². The molecule has 2 heterocycles. The number of methoxy groups -OCH3 is 1. The number of ether oxygens (including phenoxy) is 3. The molecule has 4 rings (SSSR count). The fraction of sp³-hybridized carbons (Fsp3) is 0.542. The number of rotatable bonds is 9. The van der Waals surface area contributed by atoms with Gasteiger partial charge in [-0.2, -0.15) is 8.78 Å². The van der Waals surface area contributed by atoms with Crippen molar-refractivity contribution in [2.24, 2.45) is 11.7 Å². The predicted octanol–water partition coefficient (Wildman–Crippen LogP) is 3.71. The number of nitrogens with two attached hydrogens (primary N) is 1. The molecule has 1 unspecified atom stereocenters. The first-order valence-electron chi connectivity index (χ1n) is 11.9. The lowest BCUT2D eigenvalue weighted by Crippen LogP contribution is -2.49. The van der Waals surface area contributed by atoms with Crippen molar-refractivity contribution in [3.63, 3.8) is 0 Å². The molecule has 2 aliphatic rings. The number of oxazole rings is 1. The molecule has 2 aromatic rings. The molecule has 12 heteroatoms. The second-order valence-corrected chi connectivity index (χ2v) is 9.04. The minimum atomic E-state index is -3.00. The molecule has 1 saturated heterocycles. The second kappa shape index (κ2) is 11.1. The zero-order chi connectivity index (χ0) is 25.8. The van der Waals surface area contributed by atoms with Gasteiger partial charge in [0.1, 0.15) is 0 Å². The van der Waals surface area contributed by atoms with Crippen LogP contribution in [0.5, 0.6) is 11.5 Å². The number of likely N-dealkylation sites (tertiary alicyclic amines) is 1. The van der Waals surface area contributed by atoms with E-state index >= 15 is 0 Å². The summed E-state index contributed by atoms with van der Waals surface area (Å²) in [6, 6.07) is 3.47. The van der Waals surface area contributed by atoms with Crippen LogP contribution in [0.4, 0.5) is 13.6 Å². The van der Waals surface area contributed by atoms with Crippen molar-refractivity contribution in [1.82, 2.24) is 15.2 Å². The third kappa shape index (κ3) is 6.23. The number of alkyl carbamates (subject to hydrolysis) is 1. The summed E-state index contributed by atoms with van der Waals surface area (Å²) in [6.07, 6.45) is 2.89. The van der Waals surface area contributed by atoms with E-state index in [1.807, 2.05) is 0 Å². The molecule has 1 saturated carbocycles. The van der Waals surface area contributed by atoms with Crippen molar-refractivity contribution < 1.29 is 37.0 Å². The van der Waals surface area contributed by atoms with E-state index in [1.165, 1.54) is 25.3 Å². The highest BCUT2D eigenvalue weighted by Gasteiger charge is 2.31. The van der Waals surface area contributed by atoms with Gasteiger partial charge in [-0.25, -0.2) is 9.78 Å². The van der Waals surface area contributed by atoms with Gasteiger partial charge in [-0.05, 0) is 56.7 Å². The van der Waals surface area contributed by atoms with Crippen LogP contribution in [0.15, 0.2) is 22.6 Å². The standard InChI is InChI=1S/C24H30F2N4O6/c1-13(27)20-19(22(31)30-9-3-4-16(11-30)28-24(32)33-2)29-21(36-20)15-7-8-17(35-23(25)26)18(10-15)34-12-14-5-6-14/h7-8,10,13-14,16,23H,3-6,9,11-12,27H2,1-2H3,(H,28,32)/t13-,16?/m0/s1. The van der Waals surface area contributed by atoms with E-state index in [9.17, 15) is 18.4 Å². The molecule has 1 aromatic carbocycles. The Hall–Kier alpha value is -3.41. The molecule has 36 heavy (non-hydrogen) atoms. The van der Waals surface area contributed by atoms with Crippen LogP contribution in [0, 0.1) is 5.92 Å². The molecule has 1 aliphatic heterocycles. The summed E-state index contributed by atoms with van der Waals surface area (Å²) in [5, 5.41) is 2.72. The fourth-order valence-electron chi connectivity index (χ4n) is 4.01. The van der Waals surface area contributed by atoms with Crippen LogP contribution in [-0.4, -0.2) is 61.3 Å². The molecule has 0 bridgehead atoms. The number of hydrogen-bond acceptors (Lipinski definition) is 8. The number of nitrogens with zero attached hydrogens (tertiary/aromatic N) is 2. The average molecular weight is 509 g/mol. The molecule has 2 atom stereocenters. The minimum absolute atomic E-state index is 0.0621. The van der Waals surface area contributed by atoms with Gasteiger partial charge in [-0.15, -0.1) is 0 Å². The van der Waals surface area contributed by atoms with Gasteiger partial charge in [0.25, 0.3) is 5.91 Å². The van der Waals surface area contributed by atoms with Gasteiger partial charge in [0.2, 0.25) is 5.89 Å². The van der Waals surface area contributed by atoms with Crippen LogP contribution in [0.2, 0.25) is 0 Å². The molecule has 1 aliphatic carbocycles. The van der Waals surface area contributed by atoms with Gasteiger partial charge < -0.3 is 34.6 Å². The Balaban J connectivity index is 1.59. The number of hydrogen-bond donors (Lipinski definition) is 2. The number of amides is 2. The minimum Gasteiger partial charge on any atom is -0.489 e. The van der Waals surface area contributed by atoms with Gasteiger partial charge in [0, 0.05) is 24.7 Å². The smallest absolute Gasteiger partial charge is 0.407 e. The van der Waals surface area contributed by atoms with Crippen molar-refractivity contribution in [2.45, 2.75) is 51.3 Å². The monoisotopic (exact) mass is 508 g/mol. The highest BCUT2D eigenvalue weighted by Crippen LogP contribution is 2.37. The maximum absolute atomic E-state index is 13.4. The van der Waals surface area contributed by atoms with Crippen molar-refractivity contribution in [2.75, 3.05) is 26.8 Å². The molecular weight excluding hydrogens is 478 g/mol. The summed E-state index contributed by atoms with van der Waals surface area (Å²) in [5.74, 6) is 0.364. The first-order valence-corrected chi connectivity index (χ1v) is 11.9. The zero-order valence-corrected chi connectivity index (χ0v) is 20.2. The number of carbonyl (C=O) groups excluding carboxylic acids is 2. The van der Waals surface area contributed by atoms with Crippen molar-refractivity contribution in [3.05, 3.63) is 29.7 Å². The van der Waals surface area contributed by atoms with Crippen LogP contribution in [-0.2, 0) is 4.74 Å². The topological polar surface area (TPSA) is 129 Å². The van der Waals surface area contributed by atoms with E-state index in [2.05, 4.69) is 19.8 Å². The van der Waals surface area contributed by atoms with E-state index in [-0.39, 0.29) is 47.3 Å². The summed E-state index contributed by atoms with van der Waals surface area (Å²) in [6.45, 7) is -0.177. The molecule has 2 amide bonds. The summed E-state index contributed by atoms with van der Waals surface area (Å²) < 4.78 is 46.6. The maximum atomic E-state index is 13.4. The van der Waals surface area contributed by atoms with E-state index in [0.29, 0.717) is 37.5 Å². The largest absolute Gasteiger partial charge is 0.489 e. The third-order valence-electron chi connectivity index (χ3n) is 6.06. The Kier molecular flexibility index (Phi) is 7.92. The number of halogens is 2. The lowest BCUT2D eigenvalue weighted by atomic mass is 10.0. The summed E-state index contributed by atoms with van der Waals surface area (Å²) in [7, 11) is 1.28. The van der Waals surface area contributed by atoms with Gasteiger partial charge in [0.05, 0.1) is 19.8 Å². The number of nitrogens with one attached hydrogen (secondary N) is 1. The molecule has 0 radical (unpaired) electrons. The van der Waals surface area contributed by atoms with E-state index in [1.54, 1.807) is 11.8 Å². The first kappa shape index (κ1) is 25.7. The lowest BCUT2D eigenvalue weighted by Gasteiger charge is -2.32.